The third-order valence-electron chi connectivity index (χ3n) is 3.68. The van der Waals surface area contributed by atoms with E-state index >= 15 is 0 Å². The summed E-state index contributed by atoms with van der Waals surface area (Å²) in [5.74, 6) is 0.350. The number of alkyl halides is 6. The molecule has 26 heavy (non-hydrogen) atoms. The minimum absolute atomic E-state index is 0.0329. The van der Waals surface area contributed by atoms with Gasteiger partial charge >= 0.3 is 12.4 Å². The molecule has 0 bridgehead atoms. The molecule has 1 aliphatic rings. The van der Waals surface area contributed by atoms with E-state index < -0.39 is 29.5 Å². The van der Waals surface area contributed by atoms with E-state index in [0.717, 1.165) is 5.06 Å². The van der Waals surface area contributed by atoms with Crippen LogP contribution in [0.1, 0.15) is 28.5 Å². The van der Waals surface area contributed by atoms with Crippen molar-refractivity contribution >= 4 is 0 Å². The molecule has 140 valence electrons. The minimum Gasteiger partial charge on any atom is -0.467 e. The van der Waals surface area contributed by atoms with Crippen LogP contribution in [0, 0.1) is 0 Å². The van der Waals surface area contributed by atoms with Gasteiger partial charge in [0.2, 0.25) is 5.88 Å². The molecule has 0 spiro atoms. The molecule has 1 aliphatic heterocycles. The third-order valence-corrected chi connectivity index (χ3v) is 3.68. The fraction of sp³-hybridized carbons (Fsp3) is 0.250. The highest BCUT2D eigenvalue weighted by Gasteiger charge is 2.38. The lowest BCUT2D eigenvalue weighted by Crippen LogP contribution is -2.23. The number of hydroxylamine groups is 2. The van der Waals surface area contributed by atoms with Crippen molar-refractivity contribution in [1.29, 1.82) is 0 Å². The molecule has 0 saturated heterocycles. The molecule has 1 atom stereocenters. The van der Waals surface area contributed by atoms with Crippen molar-refractivity contribution in [2.45, 2.75) is 24.9 Å². The largest absolute Gasteiger partial charge is 0.467 e. The van der Waals surface area contributed by atoms with Gasteiger partial charge in [-0.1, -0.05) is 0 Å². The van der Waals surface area contributed by atoms with Crippen molar-refractivity contribution in [2.24, 2.45) is 5.73 Å². The molecule has 10 heteroatoms. The molecule has 0 saturated carbocycles. The summed E-state index contributed by atoms with van der Waals surface area (Å²) in [5, 5.41) is 1.14. The van der Waals surface area contributed by atoms with E-state index in [1.54, 1.807) is 12.1 Å². The van der Waals surface area contributed by atoms with Crippen LogP contribution in [0.3, 0.4) is 0 Å². The van der Waals surface area contributed by atoms with Crippen LogP contribution >= 0.6 is 0 Å². The van der Waals surface area contributed by atoms with Gasteiger partial charge in [0, 0.05) is 6.08 Å². The second kappa shape index (κ2) is 6.27. The quantitative estimate of drug-likeness (QED) is 0.793. The molecule has 3 rings (SSSR count). The van der Waals surface area contributed by atoms with Gasteiger partial charge < -0.3 is 15.0 Å². The number of rotatable bonds is 3. The standard InChI is InChI=1S/C16H12F6N2O2/c17-15(18,19)10-4-9(5-11(6-10)16(20,21)22)8-24-12(7-14(23)26-24)13-2-1-3-25-13/h1-7,12H,8,23H2. The summed E-state index contributed by atoms with van der Waals surface area (Å²) >= 11 is 0. The van der Waals surface area contributed by atoms with Crippen LogP contribution in [-0.2, 0) is 23.7 Å². The Balaban J connectivity index is 1.94. The number of halogens is 6. The lowest BCUT2D eigenvalue weighted by molar-refractivity contribution is -0.144. The van der Waals surface area contributed by atoms with Crippen LogP contribution in [-0.4, -0.2) is 5.06 Å². The van der Waals surface area contributed by atoms with Gasteiger partial charge in [-0.15, -0.1) is 5.06 Å². The van der Waals surface area contributed by atoms with Gasteiger partial charge in [0.05, 0.1) is 23.9 Å². The first-order chi connectivity index (χ1) is 12.0. The third kappa shape index (κ3) is 3.79. The van der Waals surface area contributed by atoms with Crippen molar-refractivity contribution in [3.05, 3.63) is 71.0 Å². The average molecular weight is 378 g/mol. The zero-order valence-electron chi connectivity index (χ0n) is 12.9. The average Bonchev–Trinajstić information content (AvgIpc) is 3.14. The predicted molar refractivity (Wildman–Crippen MR) is 76.8 cm³/mol. The molecule has 2 heterocycles. The number of nitrogens with zero attached hydrogens (tertiary/aromatic N) is 1. The van der Waals surface area contributed by atoms with Crippen LogP contribution in [0.15, 0.2) is 53.0 Å². The Bertz CT molecular complexity index is 779. The van der Waals surface area contributed by atoms with Crippen molar-refractivity contribution in [1.82, 2.24) is 5.06 Å². The molecule has 2 aromatic rings. The van der Waals surface area contributed by atoms with Crippen LogP contribution < -0.4 is 5.73 Å². The molecule has 0 amide bonds. The van der Waals surface area contributed by atoms with Crippen LogP contribution in [0.25, 0.3) is 0 Å². The normalized spacial score (nSPS) is 18.7. The van der Waals surface area contributed by atoms with Gasteiger partial charge in [-0.05, 0) is 35.9 Å². The van der Waals surface area contributed by atoms with Gasteiger partial charge in [0.15, 0.2) is 0 Å². The summed E-state index contributed by atoms with van der Waals surface area (Å²) in [7, 11) is 0. The Morgan fingerprint density at radius 2 is 1.62 bits per heavy atom. The lowest BCUT2D eigenvalue weighted by Gasteiger charge is -2.22. The maximum Gasteiger partial charge on any atom is 0.416 e. The van der Waals surface area contributed by atoms with E-state index in [1.165, 1.54) is 12.3 Å². The van der Waals surface area contributed by atoms with E-state index in [1.807, 2.05) is 0 Å². The SMILES string of the molecule is NC1=CC(c2ccco2)N(Cc2cc(C(F)(F)F)cc(C(F)(F)F)c2)O1. The van der Waals surface area contributed by atoms with E-state index in [4.69, 9.17) is 15.0 Å². The lowest BCUT2D eigenvalue weighted by atomic mass is 10.0. The van der Waals surface area contributed by atoms with Gasteiger partial charge in [-0.25, -0.2) is 0 Å². The van der Waals surface area contributed by atoms with E-state index in [9.17, 15) is 26.3 Å². The van der Waals surface area contributed by atoms with Crippen LogP contribution in [0.2, 0.25) is 0 Å². The van der Waals surface area contributed by atoms with Crippen molar-refractivity contribution in [2.75, 3.05) is 0 Å². The Kier molecular flexibility index (Phi) is 4.39. The van der Waals surface area contributed by atoms with Gasteiger partial charge in [-0.3, -0.25) is 0 Å². The first-order valence-corrected chi connectivity index (χ1v) is 7.28. The Morgan fingerprint density at radius 1 is 1.00 bits per heavy atom. The monoisotopic (exact) mass is 378 g/mol. The number of hydrogen-bond acceptors (Lipinski definition) is 4. The summed E-state index contributed by atoms with van der Waals surface area (Å²) in [6.07, 6.45) is -7.02. The maximum atomic E-state index is 13.0. The molecule has 2 N–H and O–H groups in total. The molecule has 0 fully saturated rings. The molecule has 1 aromatic heterocycles. The highest BCUT2D eigenvalue weighted by atomic mass is 19.4. The molecule has 1 aromatic carbocycles. The molecular weight excluding hydrogens is 366 g/mol. The Labute approximate surface area is 143 Å². The minimum atomic E-state index is -4.92. The van der Waals surface area contributed by atoms with E-state index in [-0.39, 0.29) is 24.1 Å². The Morgan fingerprint density at radius 3 is 2.12 bits per heavy atom. The van der Waals surface area contributed by atoms with Crippen molar-refractivity contribution in [3.63, 3.8) is 0 Å². The molecule has 0 radical (unpaired) electrons. The van der Waals surface area contributed by atoms with Crippen molar-refractivity contribution in [3.8, 4) is 0 Å². The highest BCUT2D eigenvalue weighted by molar-refractivity contribution is 5.34. The van der Waals surface area contributed by atoms with Crippen molar-refractivity contribution < 1.29 is 35.6 Å². The fourth-order valence-electron chi connectivity index (χ4n) is 2.57. The zero-order chi connectivity index (χ0) is 19.1. The van der Waals surface area contributed by atoms with Crippen LogP contribution in [0.5, 0.6) is 0 Å². The second-order valence-electron chi connectivity index (χ2n) is 5.61. The first kappa shape index (κ1) is 18.2. The fourth-order valence-corrected chi connectivity index (χ4v) is 2.57. The number of nitrogens with two attached hydrogens (primary N) is 1. The topological polar surface area (TPSA) is 51.6 Å². The summed E-state index contributed by atoms with van der Waals surface area (Å²) in [6.45, 7) is -0.366. The Hall–Kier alpha value is -2.62. The van der Waals surface area contributed by atoms with Gasteiger partial charge in [-0.2, -0.15) is 26.3 Å². The smallest absolute Gasteiger partial charge is 0.416 e. The first-order valence-electron chi connectivity index (χ1n) is 7.28. The molecule has 0 aliphatic carbocycles. The number of furan rings is 1. The molecule has 4 nitrogen and oxygen atoms in total. The highest BCUT2D eigenvalue weighted by Crippen LogP contribution is 2.38. The number of benzene rings is 1. The molecule has 1 unspecified atom stereocenters. The zero-order valence-corrected chi connectivity index (χ0v) is 12.9. The van der Waals surface area contributed by atoms with E-state index in [0.29, 0.717) is 17.9 Å². The summed E-state index contributed by atoms with van der Waals surface area (Å²) in [6, 6.07) is 3.86. The summed E-state index contributed by atoms with van der Waals surface area (Å²) < 4.78 is 82.9. The maximum absolute atomic E-state index is 13.0. The second-order valence-corrected chi connectivity index (χ2v) is 5.61. The van der Waals surface area contributed by atoms with Gasteiger partial charge in [0.1, 0.15) is 11.8 Å². The summed E-state index contributed by atoms with van der Waals surface area (Å²) in [4.78, 5) is 5.20. The van der Waals surface area contributed by atoms with Gasteiger partial charge in [0.25, 0.3) is 0 Å². The van der Waals surface area contributed by atoms with E-state index in [2.05, 4.69) is 0 Å². The van der Waals surface area contributed by atoms with Crippen LogP contribution in [0.4, 0.5) is 26.3 Å². The number of hydrogen-bond donors (Lipinski definition) is 1. The summed E-state index contributed by atoms with van der Waals surface area (Å²) in [5.41, 5.74) is 2.56. The predicted octanol–water partition coefficient (Wildman–Crippen LogP) is 4.61. The molecular formula is C16H12F6N2O2.